The van der Waals surface area contributed by atoms with Gasteiger partial charge in [-0.25, -0.2) is 13.6 Å². The van der Waals surface area contributed by atoms with Crippen molar-refractivity contribution in [2.24, 2.45) is 16.5 Å². The summed E-state index contributed by atoms with van der Waals surface area (Å²) in [6.45, 7) is 2.66. The molecule has 0 aromatic heterocycles. The van der Waals surface area contributed by atoms with Crippen molar-refractivity contribution in [3.63, 3.8) is 0 Å². The first-order chi connectivity index (χ1) is 9.32. The van der Waals surface area contributed by atoms with E-state index in [9.17, 15) is 8.42 Å². The lowest BCUT2D eigenvalue weighted by Crippen LogP contribution is -2.19. The molecule has 1 aromatic carbocycles. The van der Waals surface area contributed by atoms with Gasteiger partial charge in [-0.3, -0.25) is 0 Å². The van der Waals surface area contributed by atoms with E-state index in [1.165, 1.54) is 31.7 Å². The summed E-state index contributed by atoms with van der Waals surface area (Å²) in [5, 5.41) is 8.63. The second-order valence-electron chi connectivity index (χ2n) is 6.23. The van der Waals surface area contributed by atoms with Crippen LogP contribution >= 0.6 is 0 Å². The van der Waals surface area contributed by atoms with Crippen molar-refractivity contribution in [3.8, 4) is 0 Å². The van der Waals surface area contributed by atoms with Crippen LogP contribution in [0.4, 0.5) is 11.4 Å². The zero-order valence-corrected chi connectivity index (χ0v) is 12.5. The van der Waals surface area contributed by atoms with Gasteiger partial charge in [0.15, 0.2) is 0 Å². The minimum atomic E-state index is -3.74. The molecule has 0 heterocycles. The molecular weight excluding hydrogens is 274 g/mol. The van der Waals surface area contributed by atoms with Gasteiger partial charge < -0.3 is 11.1 Å². The summed E-state index contributed by atoms with van der Waals surface area (Å²) in [5.41, 5.74) is 8.08. The van der Waals surface area contributed by atoms with Crippen LogP contribution in [0, 0.1) is 18.3 Å². The Labute approximate surface area is 119 Å². The van der Waals surface area contributed by atoms with Crippen molar-refractivity contribution in [1.29, 1.82) is 0 Å². The highest BCUT2D eigenvalue weighted by Crippen LogP contribution is 2.61. The van der Waals surface area contributed by atoms with Crippen molar-refractivity contribution in [1.82, 2.24) is 0 Å². The number of anilines is 2. The first kappa shape index (κ1) is 13.7. The molecule has 2 fully saturated rings. The number of nitrogens with one attached hydrogen (secondary N) is 1. The Hall–Kier alpha value is -1.27. The third-order valence-electron chi connectivity index (χ3n) is 4.66. The van der Waals surface area contributed by atoms with Crippen molar-refractivity contribution in [2.45, 2.75) is 37.5 Å². The Morgan fingerprint density at radius 1 is 1.35 bits per heavy atom. The Bertz CT molecular complexity index is 647. The third kappa shape index (κ3) is 2.50. The molecule has 3 rings (SSSR count). The Kier molecular flexibility index (Phi) is 2.99. The number of hydrogen-bond donors (Lipinski definition) is 3. The number of nitrogen functional groups attached to an aromatic ring is 1. The maximum absolute atomic E-state index is 11.6. The van der Waals surface area contributed by atoms with E-state index in [0.29, 0.717) is 16.7 Å². The number of hydrogen-bond acceptors (Lipinski definition) is 4. The van der Waals surface area contributed by atoms with Crippen LogP contribution in [0.3, 0.4) is 0 Å². The molecule has 0 atom stereocenters. The molecule has 0 unspecified atom stereocenters. The molecule has 0 spiro atoms. The van der Waals surface area contributed by atoms with Crippen molar-refractivity contribution in [3.05, 3.63) is 17.7 Å². The number of rotatable bonds is 5. The highest BCUT2D eigenvalue weighted by atomic mass is 32.2. The van der Waals surface area contributed by atoms with Gasteiger partial charge in [-0.15, -0.1) is 0 Å². The Morgan fingerprint density at radius 2 is 2.00 bits per heavy atom. The highest BCUT2D eigenvalue weighted by molar-refractivity contribution is 7.89. The second-order valence-corrected chi connectivity index (χ2v) is 7.76. The van der Waals surface area contributed by atoms with E-state index in [-0.39, 0.29) is 4.90 Å². The lowest BCUT2D eigenvalue weighted by Gasteiger charge is -2.19. The molecule has 2 saturated carbocycles. The topological polar surface area (TPSA) is 98.2 Å². The van der Waals surface area contributed by atoms with Crippen molar-refractivity contribution < 1.29 is 8.42 Å². The van der Waals surface area contributed by atoms with Crippen LogP contribution in [0.2, 0.25) is 0 Å². The maximum atomic E-state index is 11.6. The van der Waals surface area contributed by atoms with Gasteiger partial charge in [-0.2, -0.15) is 0 Å². The van der Waals surface area contributed by atoms with Gasteiger partial charge in [0.05, 0.1) is 4.90 Å². The van der Waals surface area contributed by atoms with Crippen LogP contribution < -0.4 is 16.2 Å². The predicted octanol–water partition coefficient (Wildman–Crippen LogP) is 1.83. The minimum Gasteiger partial charge on any atom is -0.399 e. The first-order valence-electron chi connectivity index (χ1n) is 6.99. The standard InChI is InChI=1S/C14H21N3O2S/c1-9-12(6-11(15)7-13(9)20(16,18)19)17-8-14(4-5-14)10-2-3-10/h6-7,10,17H,2-5,8,15H2,1H3,(H2,16,18,19). The smallest absolute Gasteiger partial charge is 0.238 e. The van der Waals surface area contributed by atoms with Gasteiger partial charge in [0.25, 0.3) is 0 Å². The average molecular weight is 295 g/mol. The molecule has 0 radical (unpaired) electrons. The Morgan fingerprint density at radius 3 is 2.50 bits per heavy atom. The van der Waals surface area contributed by atoms with Gasteiger partial charge in [0.1, 0.15) is 0 Å². The van der Waals surface area contributed by atoms with Crippen LogP contribution in [0.1, 0.15) is 31.2 Å². The molecule has 2 aliphatic rings. The van der Waals surface area contributed by atoms with Crippen molar-refractivity contribution >= 4 is 21.4 Å². The SMILES string of the molecule is Cc1c(NCC2(C3CC3)CC2)cc(N)cc1S(N)(=O)=O. The van der Waals surface area contributed by atoms with Crippen LogP contribution in [0.15, 0.2) is 17.0 Å². The third-order valence-corrected chi connectivity index (χ3v) is 5.69. The van der Waals surface area contributed by atoms with E-state index < -0.39 is 10.0 Å². The quantitative estimate of drug-likeness (QED) is 0.722. The highest BCUT2D eigenvalue weighted by Gasteiger charge is 2.53. The number of primary sulfonamides is 1. The maximum Gasteiger partial charge on any atom is 0.238 e. The fourth-order valence-corrected chi connectivity index (χ4v) is 3.88. The molecule has 0 amide bonds. The largest absolute Gasteiger partial charge is 0.399 e. The van der Waals surface area contributed by atoms with E-state index in [1.807, 2.05) is 0 Å². The number of nitrogens with two attached hydrogens (primary N) is 2. The lowest BCUT2D eigenvalue weighted by molar-refractivity contribution is 0.467. The number of benzene rings is 1. The molecule has 5 nitrogen and oxygen atoms in total. The van der Waals surface area contributed by atoms with Crippen LogP contribution in [0.25, 0.3) is 0 Å². The fraction of sp³-hybridized carbons (Fsp3) is 0.571. The van der Waals surface area contributed by atoms with Crippen molar-refractivity contribution in [2.75, 3.05) is 17.6 Å². The summed E-state index contributed by atoms with van der Waals surface area (Å²) in [6.07, 6.45) is 5.21. The zero-order valence-electron chi connectivity index (χ0n) is 11.6. The lowest BCUT2D eigenvalue weighted by atomic mass is 10.0. The van der Waals surface area contributed by atoms with Crippen LogP contribution in [0.5, 0.6) is 0 Å². The van der Waals surface area contributed by atoms with Crippen LogP contribution in [-0.4, -0.2) is 15.0 Å². The van der Waals surface area contributed by atoms with E-state index in [0.717, 1.165) is 18.2 Å². The monoisotopic (exact) mass is 295 g/mol. The molecule has 20 heavy (non-hydrogen) atoms. The average Bonchev–Trinajstić information content (AvgIpc) is 3.21. The van der Waals surface area contributed by atoms with Crippen LogP contribution in [-0.2, 0) is 10.0 Å². The fourth-order valence-electron chi connectivity index (χ4n) is 3.04. The molecule has 6 heteroatoms. The molecule has 0 aliphatic heterocycles. The van der Waals surface area contributed by atoms with Gasteiger partial charge in [0.2, 0.25) is 10.0 Å². The van der Waals surface area contributed by atoms with E-state index in [4.69, 9.17) is 10.9 Å². The summed E-state index contributed by atoms with van der Waals surface area (Å²) < 4.78 is 23.2. The molecule has 110 valence electrons. The molecule has 2 aliphatic carbocycles. The van der Waals surface area contributed by atoms with E-state index in [1.54, 1.807) is 13.0 Å². The zero-order chi connectivity index (χ0) is 14.5. The summed E-state index contributed by atoms with van der Waals surface area (Å²) in [6, 6.07) is 3.20. The Balaban J connectivity index is 1.84. The predicted molar refractivity (Wildman–Crippen MR) is 79.8 cm³/mol. The van der Waals surface area contributed by atoms with Gasteiger partial charge in [-0.1, -0.05) is 0 Å². The summed E-state index contributed by atoms with van der Waals surface area (Å²) in [5.74, 6) is 0.856. The van der Waals surface area contributed by atoms with E-state index in [2.05, 4.69) is 5.32 Å². The molecule has 1 aromatic rings. The molecular formula is C14H21N3O2S. The van der Waals surface area contributed by atoms with Gasteiger partial charge in [0, 0.05) is 17.9 Å². The summed E-state index contributed by atoms with van der Waals surface area (Å²) >= 11 is 0. The molecule has 5 N–H and O–H groups in total. The molecule has 0 bridgehead atoms. The minimum absolute atomic E-state index is 0.108. The van der Waals surface area contributed by atoms with Gasteiger partial charge in [-0.05, 0) is 61.6 Å². The summed E-state index contributed by atoms with van der Waals surface area (Å²) in [7, 11) is -3.74. The van der Waals surface area contributed by atoms with E-state index >= 15 is 0 Å². The summed E-state index contributed by atoms with van der Waals surface area (Å²) in [4.78, 5) is 0.108. The second kappa shape index (κ2) is 4.36. The van der Waals surface area contributed by atoms with Gasteiger partial charge >= 0.3 is 0 Å². The number of sulfonamides is 1. The normalized spacial score (nSPS) is 20.7. The molecule has 0 saturated heterocycles. The first-order valence-corrected chi connectivity index (χ1v) is 8.53.